The highest BCUT2D eigenvalue weighted by molar-refractivity contribution is 7.10. The minimum absolute atomic E-state index is 0.0962. The number of imidazole rings is 1. The third kappa shape index (κ3) is 55.6. The maximum absolute atomic E-state index is 11.6. The highest BCUT2D eigenvalue weighted by Gasteiger charge is 2.31. The summed E-state index contributed by atoms with van der Waals surface area (Å²) in [7, 11) is 0. The fourth-order valence-electron chi connectivity index (χ4n) is 12.9. The minimum Gasteiger partial charge on any atom is -0.469 e. The number of fused-ring (bicyclic) bond motifs is 1. The molecule has 13 rings (SSSR count). The normalized spacial score (nSPS) is 13.4. The topological polar surface area (TPSA) is 158 Å². The number of H-pyrrole nitrogens is 1. The number of nitrogens with zero attached hydrogens (tertiary/aromatic N) is 8. The van der Waals surface area contributed by atoms with Crippen molar-refractivity contribution in [3.8, 4) is 0 Å². The third-order valence-corrected chi connectivity index (χ3v) is 27.3. The molecule has 1 N–H and O–H groups in total. The van der Waals surface area contributed by atoms with E-state index in [1.165, 1.54) is 84.6 Å². The molecule has 808 valence electrons. The zero-order valence-corrected chi connectivity index (χ0v) is 104. The van der Waals surface area contributed by atoms with E-state index in [1.807, 2.05) is 137 Å². The van der Waals surface area contributed by atoms with Crippen LogP contribution in [-0.4, -0.2) is 70.6 Å². The Bertz CT molecular complexity index is 5100. The second-order valence-corrected chi connectivity index (χ2v) is 55.6. The number of carbonyl (C=O) groups is 1. The van der Waals surface area contributed by atoms with Gasteiger partial charge in [0, 0.05) is 123 Å². The molecule has 0 radical (unpaired) electrons. The SMILES string of the molecule is CC(C)(C)C(=O)CCc1ccccc1.CC(C)(C)C(C)(C)C.CC(C)(C)C1=NCC=C1.CC(C)(C)C1CCCO1.CC(C)(C)c1ccccn1.CC(C)(C)c1cccnc1.CC(C)(C)c1ccco1.CC(C)(C)c1cccs1.CC(C)(C)c1ccncc1.CC(C)(C)c1cnccn1.CC(C)(C)c1nc2ccccc2[nH]1.CC(C)C(C)(C)C.Cc1c(C)c(C)c(C(C)(C)C)c(C)c1C.Cc1cc(C(C)(C)C)cnc1C. The Balaban J connectivity index is 0.00000155. The molecule has 0 saturated carbocycles. The van der Waals surface area contributed by atoms with E-state index >= 15 is 0 Å². The van der Waals surface area contributed by atoms with Gasteiger partial charge in [0.1, 0.15) is 17.4 Å². The Morgan fingerprint density at radius 1 is 0.428 bits per heavy atom. The second-order valence-electron chi connectivity index (χ2n) is 54.6. The lowest BCUT2D eigenvalue weighted by Crippen LogP contribution is -2.25. The number of aryl methyl sites for hydroxylation is 3. The number of ketones is 1. The van der Waals surface area contributed by atoms with Crippen LogP contribution in [0.25, 0.3) is 11.0 Å². The number of aromatic amines is 1. The summed E-state index contributed by atoms with van der Waals surface area (Å²) in [6.07, 6.45) is 26.9. The lowest BCUT2D eigenvalue weighted by atomic mass is 9.71. The van der Waals surface area contributed by atoms with E-state index < -0.39 is 0 Å². The molecule has 0 aliphatic carbocycles. The molecule has 145 heavy (non-hydrogen) atoms. The van der Waals surface area contributed by atoms with Gasteiger partial charge < -0.3 is 14.1 Å². The average molecular weight is 2000 g/mol. The van der Waals surface area contributed by atoms with Crippen LogP contribution < -0.4 is 0 Å². The Labute approximate surface area is 894 Å². The first-order valence-corrected chi connectivity index (χ1v) is 54.0. The fraction of sp³-hybridized carbons (Fsp3) is 0.583. The van der Waals surface area contributed by atoms with Crippen LogP contribution in [0.2, 0.25) is 0 Å². The zero-order valence-electron chi connectivity index (χ0n) is 103. The molecule has 11 aromatic rings. The number of furan rings is 1. The lowest BCUT2D eigenvalue weighted by Gasteiger charge is -2.34. The van der Waals surface area contributed by atoms with Crippen molar-refractivity contribution >= 4 is 33.9 Å². The molecule has 1 saturated heterocycles. The Morgan fingerprint density at radius 2 is 0.931 bits per heavy atom. The Kier molecular flexibility index (Phi) is 55.5. The number of thiophene rings is 1. The van der Waals surface area contributed by atoms with Crippen molar-refractivity contribution in [3.63, 3.8) is 0 Å². The largest absolute Gasteiger partial charge is 0.469 e. The van der Waals surface area contributed by atoms with E-state index in [2.05, 4.69) is 469 Å². The number of Topliss-reactive ketones (excluding diaryl/α,β-unsaturated/α-hetero) is 1. The van der Waals surface area contributed by atoms with Crippen molar-refractivity contribution in [1.29, 1.82) is 0 Å². The molecule has 0 amide bonds. The number of aliphatic imine (C=N–C) groups is 1. The predicted octanol–water partition coefficient (Wildman–Crippen LogP) is 38.2. The first-order valence-electron chi connectivity index (χ1n) is 53.1. The smallest absolute Gasteiger partial charge is 0.138 e. The molecular formula is C132H211N9O3S. The van der Waals surface area contributed by atoms with Gasteiger partial charge in [-0.15, -0.1) is 11.3 Å². The van der Waals surface area contributed by atoms with E-state index in [9.17, 15) is 4.79 Å². The molecule has 0 bridgehead atoms. The summed E-state index contributed by atoms with van der Waals surface area (Å²) in [5, 5.41) is 2.13. The third-order valence-electron chi connectivity index (χ3n) is 26.0. The van der Waals surface area contributed by atoms with E-state index in [-0.39, 0.29) is 54.1 Å². The van der Waals surface area contributed by atoms with Crippen molar-refractivity contribution in [1.82, 2.24) is 39.9 Å². The van der Waals surface area contributed by atoms with Gasteiger partial charge in [-0.25, -0.2) is 4.98 Å². The van der Waals surface area contributed by atoms with E-state index in [0.717, 1.165) is 65.2 Å². The van der Waals surface area contributed by atoms with Crippen LogP contribution in [0.5, 0.6) is 0 Å². The molecule has 10 heterocycles. The summed E-state index contributed by atoms with van der Waals surface area (Å²) < 4.78 is 10.7. The van der Waals surface area contributed by atoms with Gasteiger partial charge in [0.25, 0.3) is 0 Å². The van der Waals surface area contributed by atoms with Crippen LogP contribution in [0, 0.1) is 86.9 Å². The molecule has 1 unspecified atom stereocenters. The van der Waals surface area contributed by atoms with Gasteiger partial charge in [0.05, 0.1) is 35.6 Å². The highest BCUT2D eigenvalue weighted by atomic mass is 32.1. The number of hydrogen-bond donors (Lipinski definition) is 1. The number of para-hydroxylation sites is 2. The number of hydrogen-bond acceptors (Lipinski definition) is 12. The molecule has 8 aromatic heterocycles. The van der Waals surface area contributed by atoms with Crippen LogP contribution in [0.15, 0.2) is 216 Å². The molecule has 12 nitrogen and oxygen atoms in total. The summed E-state index contributed by atoms with van der Waals surface area (Å²) in [6.45, 7) is 120. The van der Waals surface area contributed by atoms with Crippen molar-refractivity contribution in [2.75, 3.05) is 13.2 Å². The van der Waals surface area contributed by atoms with Crippen LogP contribution in [0.3, 0.4) is 0 Å². The van der Waals surface area contributed by atoms with Crippen molar-refractivity contribution in [2.45, 2.75) is 454 Å². The average Bonchev–Trinajstić information content (AvgIpc) is 1.55. The molecule has 2 aliphatic heterocycles. The molecule has 0 spiro atoms. The van der Waals surface area contributed by atoms with Gasteiger partial charge in [-0.05, 0) is 256 Å². The van der Waals surface area contributed by atoms with E-state index in [1.54, 1.807) is 31.1 Å². The molecule has 13 heteroatoms. The maximum atomic E-state index is 11.6. The summed E-state index contributed by atoms with van der Waals surface area (Å²) in [6, 6.07) is 42.9. The summed E-state index contributed by atoms with van der Waals surface area (Å²) in [5.41, 5.74) is 25.6. The van der Waals surface area contributed by atoms with Crippen molar-refractivity contribution in [2.24, 2.45) is 43.4 Å². The highest BCUT2D eigenvalue weighted by Crippen LogP contribution is 2.39. The number of pyridine rings is 4. The van der Waals surface area contributed by atoms with Gasteiger partial charge in [-0.1, -0.05) is 398 Å². The van der Waals surface area contributed by atoms with E-state index in [0.29, 0.717) is 45.4 Å². The summed E-state index contributed by atoms with van der Waals surface area (Å²) in [4.78, 5) is 50.0. The van der Waals surface area contributed by atoms with Crippen molar-refractivity contribution < 1.29 is 13.9 Å². The number of ether oxygens (including phenoxy) is 1. The lowest BCUT2D eigenvalue weighted by molar-refractivity contribution is -0.126. The Hall–Kier alpha value is -9.17. The van der Waals surface area contributed by atoms with Gasteiger partial charge in [-0.3, -0.25) is 39.7 Å². The molecule has 1 atom stereocenters. The predicted molar refractivity (Wildman–Crippen MR) is 638 cm³/mol. The summed E-state index contributed by atoms with van der Waals surface area (Å²) >= 11 is 1.83. The number of benzene rings is 3. The standard InChI is InChI=1S/C15H24.C13H18O.C11H14N2.C11H17N.3C9H13N.C8H12N2.C8H13N.C8H16O.C8H12O.C8H12S.C8H18.C7H16/c1-9-10(2)12(4)14(15(6,7)8)13(5)11(9)3;1-13(2,3)12(14)10-9-11-7-5-4-6-8-11;1-11(2,3)10-12-8-6-4-5-7-9(8)13-10;1-8-6-10(11(3,4)5)7-12-9(8)2;1-9(2,3)8-4-6-10-7-5-8;1-9(2,3)8-5-4-6-10-7-8;1-9(2,3)8-6-4-5-7-10-8;1-8(2,3)7-6-9-4-5-10-7;4*1-8(2,3)7-5-4-6-9-7;1-7(2,3)8(4,5)6;1-6(2)7(3,4)5/h1-8H3;4-8H,9-10H2,1-3H3;4-7H,1-3H3,(H,12,13);6-7H,1-5H3;3*4-7H,1-3H3;4-6H,1-3H3;4-5H,6H2,1-3H3;7H,4-6H2,1-3H3;2*4-6H,1-3H3;1-6H3;6H,1-5H3. The number of carbonyl (C=O) groups excluding carboxylic acids is 1. The first-order chi connectivity index (χ1) is 65.7. The second kappa shape index (κ2) is 59.3. The number of allylic oxidation sites excluding steroid dienone is 1. The zero-order chi connectivity index (χ0) is 113. The van der Waals surface area contributed by atoms with Gasteiger partial charge in [-0.2, -0.15) is 0 Å². The van der Waals surface area contributed by atoms with E-state index in [4.69, 9.17) is 9.15 Å². The molecular weight excluding hydrogens is 1790 g/mol. The number of rotatable bonds is 3. The van der Waals surface area contributed by atoms with Crippen LogP contribution >= 0.6 is 11.3 Å². The van der Waals surface area contributed by atoms with Gasteiger partial charge >= 0.3 is 0 Å². The Morgan fingerprint density at radius 3 is 1.23 bits per heavy atom. The van der Waals surface area contributed by atoms with Crippen LogP contribution in [-0.2, 0) is 64.7 Å². The summed E-state index contributed by atoms with van der Waals surface area (Å²) in [5.74, 6) is 3.23. The maximum Gasteiger partial charge on any atom is 0.138 e. The van der Waals surface area contributed by atoms with Crippen molar-refractivity contribution in [3.05, 3.63) is 302 Å². The number of nitrogens with one attached hydrogen (secondary N) is 1. The fourth-order valence-corrected chi connectivity index (χ4v) is 13.8. The molecule has 1 fully saturated rings. The monoisotopic (exact) mass is 2000 g/mol. The number of aromatic nitrogens is 8. The van der Waals surface area contributed by atoms with Crippen LogP contribution in [0.1, 0.15) is 439 Å². The van der Waals surface area contributed by atoms with Crippen LogP contribution in [0.4, 0.5) is 0 Å². The quantitative estimate of drug-likeness (QED) is 0.180. The molecule has 3 aromatic carbocycles. The van der Waals surface area contributed by atoms with Gasteiger partial charge in [0.2, 0.25) is 0 Å². The minimum atomic E-state index is -0.200. The van der Waals surface area contributed by atoms with Gasteiger partial charge in [0.15, 0.2) is 0 Å². The first kappa shape index (κ1) is 136. The molecule has 2 aliphatic rings.